The first kappa shape index (κ1) is 7.09. The zero-order chi connectivity index (χ0) is 8.55. The van der Waals surface area contributed by atoms with Crippen LogP contribution in [0.3, 0.4) is 0 Å². The van der Waals surface area contributed by atoms with Crippen molar-refractivity contribution in [2.75, 3.05) is 7.11 Å². The number of hydrogen-bond acceptors (Lipinski definition) is 3. The Balaban J connectivity index is 2.66. The van der Waals surface area contributed by atoms with Crippen LogP contribution in [0.5, 0.6) is 5.88 Å². The van der Waals surface area contributed by atoms with Gasteiger partial charge in [-0.15, -0.1) is 0 Å². The quantitative estimate of drug-likeness (QED) is 0.630. The lowest BCUT2D eigenvalue weighted by atomic mass is 10.5. The number of nitrogens with zero attached hydrogens (tertiary/aromatic N) is 3. The maximum atomic E-state index is 4.98. The zero-order valence-corrected chi connectivity index (χ0v) is 6.98. The van der Waals surface area contributed by atoms with Gasteiger partial charge in [0.05, 0.1) is 12.8 Å². The highest BCUT2D eigenvalue weighted by molar-refractivity contribution is 5.40. The van der Waals surface area contributed by atoms with Gasteiger partial charge in [-0.3, -0.25) is 0 Å². The van der Waals surface area contributed by atoms with Crippen LogP contribution in [-0.4, -0.2) is 21.7 Å². The van der Waals surface area contributed by atoms with E-state index in [9.17, 15) is 0 Å². The largest absolute Gasteiger partial charge is 0.481 e. The summed E-state index contributed by atoms with van der Waals surface area (Å²) in [6, 6.07) is 3.68. The average Bonchev–Trinajstić information content (AvgIpc) is 2.43. The lowest BCUT2D eigenvalue weighted by Crippen LogP contribution is -1.92. The number of rotatable bonds is 1. The van der Waals surface area contributed by atoms with Crippen molar-refractivity contribution in [3.63, 3.8) is 0 Å². The molecule has 2 aromatic heterocycles. The minimum absolute atomic E-state index is 0.613. The van der Waals surface area contributed by atoms with Crippen molar-refractivity contribution in [1.29, 1.82) is 0 Å². The molecule has 0 bridgehead atoms. The van der Waals surface area contributed by atoms with E-state index in [0.717, 1.165) is 11.3 Å². The van der Waals surface area contributed by atoms with Crippen molar-refractivity contribution in [2.24, 2.45) is 0 Å². The van der Waals surface area contributed by atoms with Crippen molar-refractivity contribution in [3.05, 3.63) is 24.0 Å². The van der Waals surface area contributed by atoms with Crippen LogP contribution < -0.4 is 4.74 Å². The topological polar surface area (TPSA) is 39.4 Å². The van der Waals surface area contributed by atoms with Gasteiger partial charge in [-0.2, -0.15) is 10.1 Å². The molecule has 62 valence electrons. The van der Waals surface area contributed by atoms with Gasteiger partial charge < -0.3 is 4.74 Å². The predicted molar refractivity (Wildman–Crippen MR) is 44.3 cm³/mol. The molecule has 0 unspecified atom stereocenters. The highest BCUT2D eigenvalue weighted by atomic mass is 16.5. The molecule has 12 heavy (non-hydrogen) atoms. The molecule has 0 spiro atoms. The number of hydrogen-bond donors (Lipinski definition) is 0. The first-order valence-corrected chi connectivity index (χ1v) is 3.66. The number of fused-ring (bicyclic) bond motifs is 1. The molecule has 0 N–H and O–H groups in total. The highest BCUT2D eigenvalue weighted by Gasteiger charge is 1.99. The van der Waals surface area contributed by atoms with E-state index >= 15 is 0 Å². The third-order valence-corrected chi connectivity index (χ3v) is 1.63. The van der Waals surface area contributed by atoms with E-state index < -0.39 is 0 Å². The van der Waals surface area contributed by atoms with Crippen molar-refractivity contribution in [2.45, 2.75) is 6.92 Å². The second-order valence-corrected chi connectivity index (χ2v) is 2.56. The molecule has 2 rings (SSSR count). The van der Waals surface area contributed by atoms with Gasteiger partial charge in [-0.05, 0) is 6.92 Å². The lowest BCUT2D eigenvalue weighted by molar-refractivity contribution is 0.398. The Morgan fingerprint density at radius 3 is 3.08 bits per heavy atom. The normalized spacial score (nSPS) is 10.5. The second-order valence-electron chi connectivity index (χ2n) is 2.56. The Kier molecular flexibility index (Phi) is 1.46. The average molecular weight is 163 g/mol. The molecule has 0 atom stereocenters. The molecule has 0 aromatic carbocycles. The Labute approximate surface area is 69.8 Å². The fraction of sp³-hybridized carbons (Fsp3) is 0.250. The van der Waals surface area contributed by atoms with Gasteiger partial charge in [0.25, 0.3) is 0 Å². The van der Waals surface area contributed by atoms with Gasteiger partial charge in [0, 0.05) is 18.3 Å². The van der Waals surface area contributed by atoms with Crippen LogP contribution in [0, 0.1) is 6.92 Å². The number of ether oxygens (including phenoxy) is 1. The minimum atomic E-state index is 0.613. The molecule has 2 aromatic rings. The van der Waals surface area contributed by atoms with E-state index in [2.05, 4.69) is 10.1 Å². The molecule has 0 aliphatic heterocycles. The number of methoxy groups -OCH3 is 1. The summed E-state index contributed by atoms with van der Waals surface area (Å²) in [5.41, 5.74) is 1.77. The van der Waals surface area contributed by atoms with E-state index in [0.29, 0.717) is 5.88 Å². The molecule has 0 saturated heterocycles. The second kappa shape index (κ2) is 2.48. The summed E-state index contributed by atoms with van der Waals surface area (Å²) in [5.74, 6) is 0.613. The Bertz CT molecular complexity index is 408. The Morgan fingerprint density at radius 1 is 1.50 bits per heavy atom. The van der Waals surface area contributed by atoms with Crippen LogP contribution in [0.25, 0.3) is 5.65 Å². The van der Waals surface area contributed by atoms with E-state index in [1.807, 2.05) is 19.2 Å². The third-order valence-electron chi connectivity index (χ3n) is 1.63. The Morgan fingerprint density at radius 2 is 2.33 bits per heavy atom. The van der Waals surface area contributed by atoms with E-state index in [4.69, 9.17) is 4.74 Å². The van der Waals surface area contributed by atoms with Crippen LogP contribution in [-0.2, 0) is 0 Å². The number of aromatic nitrogens is 3. The molecular weight excluding hydrogens is 154 g/mol. The molecule has 0 radical (unpaired) electrons. The van der Waals surface area contributed by atoms with Gasteiger partial charge >= 0.3 is 0 Å². The molecule has 4 nitrogen and oxygen atoms in total. The van der Waals surface area contributed by atoms with Gasteiger partial charge in [-0.25, -0.2) is 4.52 Å². The van der Waals surface area contributed by atoms with Crippen LogP contribution >= 0.6 is 0 Å². The van der Waals surface area contributed by atoms with Gasteiger partial charge in [0.15, 0.2) is 5.65 Å². The maximum Gasteiger partial charge on any atom is 0.216 e. The third kappa shape index (κ3) is 1.01. The summed E-state index contributed by atoms with van der Waals surface area (Å²) in [5, 5.41) is 4.19. The summed E-state index contributed by atoms with van der Waals surface area (Å²) in [6.07, 6.45) is 1.83. The first-order valence-electron chi connectivity index (χ1n) is 3.66. The van der Waals surface area contributed by atoms with E-state index in [1.54, 1.807) is 17.7 Å². The van der Waals surface area contributed by atoms with Crippen molar-refractivity contribution >= 4 is 5.65 Å². The summed E-state index contributed by atoms with van der Waals surface area (Å²) in [7, 11) is 1.60. The summed E-state index contributed by atoms with van der Waals surface area (Å²) < 4.78 is 6.70. The molecule has 0 aliphatic rings. The van der Waals surface area contributed by atoms with Crippen LogP contribution in [0.4, 0.5) is 0 Å². The fourth-order valence-corrected chi connectivity index (χ4v) is 1.09. The summed E-state index contributed by atoms with van der Waals surface area (Å²) in [6.45, 7) is 1.93. The molecule has 2 heterocycles. The van der Waals surface area contributed by atoms with Crippen molar-refractivity contribution in [1.82, 2.24) is 14.6 Å². The van der Waals surface area contributed by atoms with Gasteiger partial charge in [-0.1, -0.05) is 0 Å². The minimum Gasteiger partial charge on any atom is -0.481 e. The maximum absolute atomic E-state index is 4.98. The molecule has 0 amide bonds. The smallest absolute Gasteiger partial charge is 0.216 e. The SMILES string of the molecule is COc1ccn2nc(C)cc2n1. The fourth-order valence-electron chi connectivity index (χ4n) is 1.09. The number of aryl methyl sites for hydroxylation is 1. The zero-order valence-electron chi connectivity index (χ0n) is 6.98. The summed E-state index contributed by atoms with van der Waals surface area (Å²) >= 11 is 0. The predicted octanol–water partition coefficient (Wildman–Crippen LogP) is 1.05. The first-order chi connectivity index (χ1) is 5.79. The van der Waals surface area contributed by atoms with Crippen molar-refractivity contribution in [3.8, 4) is 5.88 Å². The van der Waals surface area contributed by atoms with Crippen LogP contribution in [0.2, 0.25) is 0 Å². The molecule has 0 saturated carbocycles. The molecule has 0 fully saturated rings. The van der Waals surface area contributed by atoms with Crippen LogP contribution in [0.1, 0.15) is 5.69 Å². The van der Waals surface area contributed by atoms with E-state index in [1.165, 1.54) is 0 Å². The van der Waals surface area contributed by atoms with Crippen LogP contribution in [0.15, 0.2) is 18.3 Å². The standard InChI is InChI=1S/C8H9N3O/c1-6-5-7-9-8(12-2)3-4-11(7)10-6/h3-5H,1-2H3. The van der Waals surface area contributed by atoms with Gasteiger partial charge in [0.2, 0.25) is 5.88 Å². The van der Waals surface area contributed by atoms with Gasteiger partial charge in [0.1, 0.15) is 0 Å². The van der Waals surface area contributed by atoms with Crippen molar-refractivity contribution < 1.29 is 4.74 Å². The van der Waals surface area contributed by atoms with E-state index in [-0.39, 0.29) is 0 Å². The molecular formula is C8H9N3O. The summed E-state index contributed by atoms with van der Waals surface area (Å²) in [4.78, 5) is 4.19. The molecule has 0 aliphatic carbocycles. The lowest BCUT2D eigenvalue weighted by Gasteiger charge is -1.96. The monoisotopic (exact) mass is 163 g/mol. The Hall–Kier alpha value is -1.58. The highest BCUT2D eigenvalue weighted by Crippen LogP contribution is 2.08. The molecule has 4 heteroatoms.